The van der Waals surface area contributed by atoms with Crippen molar-refractivity contribution in [2.75, 3.05) is 6.54 Å². The molecule has 0 aromatic heterocycles. The molecule has 0 saturated heterocycles. The molecule has 0 heterocycles. The van der Waals surface area contributed by atoms with Crippen molar-refractivity contribution in [2.45, 2.75) is 57.9 Å². The van der Waals surface area contributed by atoms with Crippen molar-refractivity contribution in [3.05, 3.63) is 0 Å². The van der Waals surface area contributed by atoms with Crippen LogP contribution in [0.5, 0.6) is 0 Å². The summed E-state index contributed by atoms with van der Waals surface area (Å²) in [7, 11) is 0. The molecule has 18 heavy (non-hydrogen) atoms. The van der Waals surface area contributed by atoms with Crippen molar-refractivity contribution in [3.63, 3.8) is 0 Å². The number of carbonyl (C=O) groups is 2. The molecule has 2 aliphatic carbocycles. The molecule has 0 aromatic carbocycles. The van der Waals surface area contributed by atoms with Gasteiger partial charge in [-0.05, 0) is 31.6 Å². The average Bonchev–Trinajstić information content (AvgIpc) is 2.95. The first-order valence-corrected chi connectivity index (χ1v) is 7.12. The number of hydrogen-bond acceptors (Lipinski definition) is 2. The van der Waals surface area contributed by atoms with E-state index in [0.29, 0.717) is 5.92 Å². The molecule has 1 N–H and O–H groups in total. The predicted molar refractivity (Wildman–Crippen MR) is 68.1 cm³/mol. The standard InChI is InChI=1S/C14H23NO3/c1-10-5-4-8-12(10)14(18)15(9-13(16)17)11-6-2-3-7-11/h10-12H,2-9H2,1H3,(H,16,17). The van der Waals surface area contributed by atoms with E-state index in [1.807, 2.05) is 0 Å². The van der Waals surface area contributed by atoms with Gasteiger partial charge in [-0.3, -0.25) is 9.59 Å². The summed E-state index contributed by atoms with van der Waals surface area (Å²) in [6.07, 6.45) is 7.32. The maximum Gasteiger partial charge on any atom is 0.323 e. The van der Waals surface area contributed by atoms with Crippen LogP contribution in [0.25, 0.3) is 0 Å². The van der Waals surface area contributed by atoms with Gasteiger partial charge in [-0.1, -0.05) is 26.2 Å². The van der Waals surface area contributed by atoms with Crippen LogP contribution in [0.3, 0.4) is 0 Å². The van der Waals surface area contributed by atoms with Gasteiger partial charge >= 0.3 is 5.97 Å². The van der Waals surface area contributed by atoms with Crippen LogP contribution < -0.4 is 0 Å². The highest BCUT2D eigenvalue weighted by Gasteiger charge is 2.36. The normalized spacial score (nSPS) is 28.5. The number of carbonyl (C=O) groups excluding carboxylic acids is 1. The number of hydrogen-bond donors (Lipinski definition) is 1. The van der Waals surface area contributed by atoms with Gasteiger partial charge in [0.2, 0.25) is 5.91 Å². The molecule has 102 valence electrons. The SMILES string of the molecule is CC1CCCC1C(=O)N(CC(=O)O)C1CCCC1. The molecule has 1 amide bonds. The molecule has 2 atom stereocenters. The maximum atomic E-state index is 12.5. The van der Waals surface area contributed by atoms with Crippen LogP contribution in [0.1, 0.15) is 51.9 Å². The highest BCUT2D eigenvalue weighted by Crippen LogP contribution is 2.34. The van der Waals surface area contributed by atoms with Crippen molar-refractivity contribution in [3.8, 4) is 0 Å². The van der Waals surface area contributed by atoms with E-state index in [1.54, 1.807) is 4.90 Å². The molecule has 2 unspecified atom stereocenters. The van der Waals surface area contributed by atoms with Gasteiger partial charge in [0, 0.05) is 12.0 Å². The molecule has 2 rings (SSSR count). The van der Waals surface area contributed by atoms with Gasteiger partial charge in [0.25, 0.3) is 0 Å². The lowest BCUT2D eigenvalue weighted by Crippen LogP contribution is -2.45. The Morgan fingerprint density at radius 3 is 2.28 bits per heavy atom. The molecule has 2 fully saturated rings. The zero-order chi connectivity index (χ0) is 13.1. The topological polar surface area (TPSA) is 57.6 Å². The lowest BCUT2D eigenvalue weighted by Gasteiger charge is -2.31. The van der Waals surface area contributed by atoms with E-state index in [9.17, 15) is 9.59 Å². The lowest BCUT2D eigenvalue weighted by atomic mass is 9.95. The van der Waals surface area contributed by atoms with Crippen LogP contribution in [-0.2, 0) is 9.59 Å². The molecule has 2 saturated carbocycles. The Hall–Kier alpha value is -1.06. The van der Waals surface area contributed by atoms with Crippen molar-refractivity contribution in [2.24, 2.45) is 11.8 Å². The third-order valence-electron chi connectivity index (χ3n) is 4.53. The quantitative estimate of drug-likeness (QED) is 0.836. The van der Waals surface area contributed by atoms with Gasteiger partial charge in [-0.15, -0.1) is 0 Å². The molecule has 0 bridgehead atoms. The fraction of sp³-hybridized carbons (Fsp3) is 0.857. The fourth-order valence-corrected chi connectivity index (χ4v) is 3.47. The monoisotopic (exact) mass is 253 g/mol. The van der Waals surface area contributed by atoms with Crippen LogP contribution in [0.2, 0.25) is 0 Å². The van der Waals surface area contributed by atoms with Crippen molar-refractivity contribution < 1.29 is 14.7 Å². The summed E-state index contributed by atoms with van der Waals surface area (Å²) in [6, 6.07) is 0.168. The number of carboxylic acid groups (broad SMARTS) is 1. The second kappa shape index (κ2) is 5.72. The first-order chi connectivity index (χ1) is 8.59. The van der Waals surface area contributed by atoms with E-state index in [0.717, 1.165) is 44.9 Å². The van der Waals surface area contributed by atoms with Crippen LogP contribution >= 0.6 is 0 Å². The van der Waals surface area contributed by atoms with Crippen molar-refractivity contribution >= 4 is 11.9 Å². The Labute approximate surface area is 108 Å². The van der Waals surface area contributed by atoms with Gasteiger partial charge in [0.1, 0.15) is 6.54 Å². The summed E-state index contributed by atoms with van der Waals surface area (Å²) in [6.45, 7) is 2.00. The Balaban J connectivity index is 2.06. The highest BCUT2D eigenvalue weighted by molar-refractivity contribution is 5.83. The van der Waals surface area contributed by atoms with Crippen molar-refractivity contribution in [1.29, 1.82) is 0 Å². The predicted octanol–water partition coefficient (Wildman–Crippen LogP) is 2.28. The Bertz CT molecular complexity index is 323. The third kappa shape index (κ3) is 2.85. The van der Waals surface area contributed by atoms with Gasteiger partial charge in [-0.2, -0.15) is 0 Å². The highest BCUT2D eigenvalue weighted by atomic mass is 16.4. The lowest BCUT2D eigenvalue weighted by molar-refractivity contribution is -0.148. The van der Waals surface area contributed by atoms with Gasteiger partial charge in [0.15, 0.2) is 0 Å². The zero-order valence-electron chi connectivity index (χ0n) is 11.1. The minimum Gasteiger partial charge on any atom is -0.480 e. The summed E-state index contributed by atoms with van der Waals surface area (Å²) >= 11 is 0. The van der Waals surface area contributed by atoms with Crippen LogP contribution in [0, 0.1) is 11.8 Å². The molecular weight excluding hydrogens is 230 g/mol. The number of rotatable bonds is 4. The van der Waals surface area contributed by atoms with E-state index in [1.165, 1.54) is 0 Å². The maximum absolute atomic E-state index is 12.5. The number of amides is 1. The van der Waals surface area contributed by atoms with Crippen molar-refractivity contribution in [1.82, 2.24) is 4.90 Å². The van der Waals surface area contributed by atoms with E-state index < -0.39 is 5.97 Å². The largest absolute Gasteiger partial charge is 0.480 e. The molecular formula is C14H23NO3. The number of nitrogens with zero attached hydrogens (tertiary/aromatic N) is 1. The van der Waals surface area contributed by atoms with E-state index >= 15 is 0 Å². The summed E-state index contributed by atoms with van der Waals surface area (Å²) in [4.78, 5) is 25.2. The number of carboxylic acids is 1. The molecule has 0 radical (unpaired) electrons. The Kier molecular flexibility index (Phi) is 4.25. The minimum absolute atomic E-state index is 0.0601. The molecule has 2 aliphatic rings. The van der Waals surface area contributed by atoms with Crippen LogP contribution in [0.15, 0.2) is 0 Å². The van der Waals surface area contributed by atoms with E-state index in [-0.39, 0.29) is 24.4 Å². The average molecular weight is 253 g/mol. The summed E-state index contributed by atoms with van der Waals surface area (Å²) in [5.74, 6) is -0.324. The molecule has 4 nitrogen and oxygen atoms in total. The Morgan fingerprint density at radius 1 is 1.11 bits per heavy atom. The molecule has 4 heteroatoms. The number of aliphatic carboxylic acids is 1. The van der Waals surface area contributed by atoms with E-state index in [2.05, 4.69) is 6.92 Å². The molecule has 0 aliphatic heterocycles. The second-order valence-corrected chi connectivity index (χ2v) is 5.81. The third-order valence-corrected chi connectivity index (χ3v) is 4.53. The zero-order valence-corrected chi connectivity index (χ0v) is 11.1. The second-order valence-electron chi connectivity index (χ2n) is 5.81. The summed E-state index contributed by atoms with van der Waals surface area (Å²) in [5.41, 5.74) is 0. The van der Waals surface area contributed by atoms with Gasteiger partial charge < -0.3 is 10.0 Å². The molecule has 0 aromatic rings. The van der Waals surface area contributed by atoms with Crippen LogP contribution in [-0.4, -0.2) is 34.5 Å². The first-order valence-electron chi connectivity index (χ1n) is 7.12. The fourth-order valence-electron chi connectivity index (χ4n) is 3.47. The molecule has 0 spiro atoms. The summed E-state index contributed by atoms with van der Waals surface area (Å²) in [5, 5.41) is 9.01. The van der Waals surface area contributed by atoms with E-state index in [4.69, 9.17) is 5.11 Å². The first kappa shape index (κ1) is 13.4. The minimum atomic E-state index is -0.888. The summed E-state index contributed by atoms with van der Waals surface area (Å²) < 4.78 is 0. The van der Waals surface area contributed by atoms with Gasteiger partial charge in [0.05, 0.1) is 0 Å². The van der Waals surface area contributed by atoms with Crippen LogP contribution in [0.4, 0.5) is 0 Å². The smallest absolute Gasteiger partial charge is 0.323 e. The Morgan fingerprint density at radius 2 is 1.78 bits per heavy atom. The van der Waals surface area contributed by atoms with Gasteiger partial charge in [-0.25, -0.2) is 0 Å².